The van der Waals surface area contributed by atoms with Crippen LogP contribution in [0.5, 0.6) is 0 Å². The number of likely N-dealkylation sites (tertiary alicyclic amines) is 1. The molecule has 1 aromatic rings. The van der Waals surface area contributed by atoms with Gasteiger partial charge >= 0.3 is 0 Å². The van der Waals surface area contributed by atoms with Crippen LogP contribution in [0.3, 0.4) is 0 Å². The fourth-order valence-corrected chi connectivity index (χ4v) is 3.31. The summed E-state index contributed by atoms with van der Waals surface area (Å²) in [6.45, 7) is 6.22. The van der Waals surface area contributed by atoms with Crippen molar-refractivity contribution in [2.75, 3.05) is 6.54 Å². The van der Waals surface area contributed by atoms with Crippen molar-refractivity contribution in [1.29, 1.82) is 0 Å². The molecule has 0 aromatic carbocycles. The number of piperidine rings is 1. The molecule has 2 N–H and O–H groups in total. The average molecular weight is 239 g/mol. The molecule has 16 heavy (non-hydrogen) atoms. The lowest BCUT2D eigenvalue weighted by Crippen LogP contribution is -2.48. The maximum Gasteiger partial charge on any atom is 0.0798 e. The maximum atomic E-state index is 5.87. The number of rotatable bonds is 3. The summed E-state index contributed by atoms with van der Waals surface area (Å²) < 4.78 is 0. The molecule has 0 radical (unpaired) electrons. The topological polar surface area (TPSA) is 42.2 Å². The summed E-state index contributed by atoms with van der Waals surface area (Å²) in [5, 5.41) is 0. The molecule has 1 saturated heterocycles. The van der Waals surface area contributed by atoms with Crippen LogP contribution in [0.4, 0.5) is 0 Å². The van der Waals surface area contributed by atoms with Crippen LogP contribution < -0.4 is 5.73 Å². The Hall–Kier alpha value is -0.450. The van der Waals surface area contributed by atoms with E-state index in [1.165, 1.54) is 29.8 Å². The molecular formula is C12H21N3S. The minimum atomic E-state index is 0.560. The van der Waals surface area contributed by atoms with Crippen LogP contribution in [0.25, 0.3) is 0 Å². The summed E-state index contributed by atoms with van der Waals surface area (Å²) in [7, 11) is 0. The van der Waals surface area contributed by atoms with Crippen molar-refractivity contribution in [1.82, 2.24) is 9.88 Å². The first-order valence-electron chi connectivity index (χ1n) is 6.07. The van der Waals surface area contributed by atoms with Gasteiger partial charge in [-0.25, -0.2) is 4.98 Å². The number of aryl methyl sites for hydroxylation is 1. The summed E-state index contributed by atoms with van der Waals surface area (Å²) in [6, 6.07) is 1.22. The summed E-state index contributed by atoms with van der Waals surface area (Å²) >= 11 is 1.76. The monoisotopic (exact) mass is 239 g/mol. The molecule has 0 amide bonds. The van der Waals surface area contributed by atoms with Gasteiger partial charge in [0.05, 0.1) is 11.2 Å². The third-order valence-corrected chi connectivity index (χ3v) is 4.56. The Morgan fingerprint density at radius 2 is 2.38 bits per heavy atom. The first-order chi connectivity index (χ1) is 7.72. The van der Waals surface area contributed by atoms with Crippen LogP contribution in [0.2, 0.25) is 0 Å². The Labute approximate surface area is 102 Å². The molecule has 2 rings (SSSR count). The second-order valence-corrected chi connectivity index (χ2v) is 5.64. The quantitative estimate of drug-likeness (QED) is 0.879. The molecule has 2 atom stereocenters. The van der Waals surface area contributed by atoms with Crippen LogP contribution in [0.15, 0.2) is 5.51 Å². The lowest BCUT2D eigenvalue weighted by atomic mass is 9.96. The summed E-state index contributed by atoms with van der Waals surface area (Å²) in [4.78, 5) is 8.27. The van der Waals surface area contributed by atoms with E-state index in [1.54, 1.807) is 11.3 Å². The van der Waals surface area contributed by atoms with Crippen molar-refractivity contribution in [3.05, 3.63) is 16.1 Å². The lowest BCUT2D eigenvalue weighted by molar-refractivity contribution is 0.0901. The van der Waals surface area contributed by atoms with Gasteiger partial charge in [0, 0.05) is 30.1 Å². The molecule has 1 fully saturated rings. The van der Waals surface area contributed by atoms with Crippen LogP contribution in [-0.2, 0) is 6.54 Å². The van der Waals surface area contributed by atoms with Crippen molar-refractivity contribution < 1.29 is 0 Å². The number of nitrogens with two attached hydrogens (primary N) is 1. The predicted octanol–water partition coefficient (Wildman–Crippen LogP) is 2.15. The number of hydrogen-bond acceptors (Lipinski definition) is 4. The van der Waals surface area contributed by atoms with Gasteiger partial charge in [0.25, 0.3) is 0 Å². The van der Waals surface area contributed by atoms with Crippen LogP contribution >= 0.6 is 11.3 Å². The second-order valence-electron chi connectivity index (χ2n) is 4.70. The van der Waals surface area contributed by atoms with E-state index in [0.717, 1.165) is 13.1 Å². The number of aromatic nitrogens is 1. The van der Waals surface area contributed by atoms with Gasteiger partial charge in [0.1, 0.15) is 0 Å². The Morgan fingerprint density at radius 1 is 1.56 bits per heavy atom. The zero-order valence-electron chi connectivity index (χ0n) is 10.1. The maximum absolute atomic E-state index is 5.87. The van der Waals surface area contributed by atoms with Gasteiger partial charge in [-0.1, -0.05) is 6.42 Å². The van der Waals surface area contributed by atoms with Crippen LogP contribution in [0.1, 0.15) is 36.8 Å². The Morgan fingerprint density at radius 3 is 3.00 bits per heavy atom. The van der Waals surface area contributed by atoms with E-state index in [4.69, 9.17) is 5.73 Å². The van der Waals surface area contributed by atoms with Gasteiger partial charge in [-0.2, -0.15) is 0 Å². The Balaban J connectivity index is 2.08. The lowest BCUT2D eigenvalue weighted by Gasteiger charge is -2.40. The molecule has 2 heterocycles. The smallest absolute Gasteiger partial charge is 0.0798 e. The largest absolute Gasteiger partial charge is 0.329 e. The third kappa shape index (κ3) is 2.44. The average Bonchev–Trinajstić information content (AvgIpc) is 2.67. The summed E-state index contributed by atoms with van der Waals surface area (Å²) in [6.07, 6.45) is 3.87. The van der Waals surface area contributed by atoms with Gasteiger partial charge in [-0.3, -0.25) is 4.90 Å². The SMILES string of the molecule is Cc1ncsc1CN1C(C)CCCC1CN. The molecule has 4 heteroatoms. The first kappa shape index (κ1) is 12.0. The van der Waals surface area contributed by atoms with Gasteiger partial charge in [0.2, 0.25) is 0 Å². The van der Waals surface area contributed by atoms with Crippen molar-refractivity contribution in [2.45, 2.75) is 51.7 Å². The highest BCUT2D eigenvalue weighted by atomic mass is 32.1. The fourth-order valence-electron chi connectivity index (χ4n) is 2.52. The van der Waals surface area contributed by atoms with Gasteiger partial charge in [0.15, 0.2) is 0 Å². The van der Waals surface area contributed by atoms with E-state index < -0.39 is 0 Å². The van der Waals surface area contributed by atoms with E-state index >= 15 is 0 Å². The van der Waals surface area contributed by atoms with Crippen LogP contribution in [0, 0.1) is 6.92 Å². The predicted molar refractivity (Wildman–Crippen MR) is 68.5 cm³/mol. The van der Waals surface area contributed by atoms with Gasteiger partial charge in [-0.15, -0.1) is 11.3 Å². The van der Waals surface area contributed by atoms with E-state index in [9.17, 15) is 0 Å². The molecule has 1 aliphatic rings. The minimum absolute atomic E-state index is 0.560. The Bertz CT molecular complexity index is 337. The number of thiazole rings is 1. The molecule has 0 bridgehead atoms. The summed E-state index contributed by atoms with van der Waals surface area (Å²) in [5.74, 6) is 0. The fraction of sp³-hybridized carbons (Fsp3) is 0.750. The molecule has 1 aromatic heterocycles. The van der Waals surface area contributed by atoms with Gasteiger partial charge < -0.3 is 5.73 Å². The van der Waals surface area contributed by atoms with Crippen molar-refractivity contribution in [3.8, 4) is 0 Å². The molecule has 90 valence electrons. The Kier molecular flexibility index (Phi) is 3.95. The number of hydrogen-bond donors (Lipinski definition) is 1. The third-order valence-electron chi connectivity index (χ3n) is 3.64. The highest BCUT2D eigenvalue weighted by Gasteiger charge is 2.27. The molecule has 0 aliphatic carbocycles. The molecular weight excluding hydrogens is 218 g/mol. The molecule has 2 unspecified atom stereocenters. The van der Waals surface area contributed by atoms with E-state index in [2.05, 4.69) is 23.7 Å². The zero-order valence-corrected chi connectivity index (χ0v) is 11.0. The van der Waals surface area contributed by atoms with Crippen molar-refractivity contribution in [2.24, 2.45) is 5.73 Å². The second kappa shape index (κ2) is 5.25. The van der Waals surface area contributed by atoms with Crippen molar-refractivity contribution >= 4 is 11.3 Å². The van der Waals surface area contributed by atoms with E-state index in [1.807, 2.05) is 5.51 Å². The first-order valence-corrected chi connectivity index (χ1v) is 6.95. The highest BCUT2D eigenvalue weighted by molar-refractivity contribution is 7.09. The molecule has 3 nitrogen and oxygen atoms in total. The minimum Gasteiger partial charge on any atom is -0.329 e. The molecule has 1 aliphatic heterocycles. The van der Waals surface area contributed by atoms with E-state index in [-0.39, 0.29) is 0 Å². The normalized spacial score (nSPS) is 27.2. The van der Waals surface area contributed by atoms with Crippen LogP contribution in [-0.4, -0.2) is 28.5 Å². The zero-order chi connectivity index (χ0) is 11.5. The highest BCUT2D eigenvalue weighted by Crippen LogP contribution is 2.26. The number of nitrogens with zero attached hydrogens (tertiary/aromatic N) is 2. The van der Waals surface area contributed by atoms with Gasteiger partial charge in [-0.05, 0) is 26.7 Å². The standard InChI is InChI=1S/C12H21N3S/c1-9-4-3-5-11(6-13)15(9)7-12-10(2)14-8-16-12/h8-9,11H,3-7,13H2,1-2H3. The summed E-state index contributed by atoms with van der Waals surface area (Å²) in [5.41, 5.74) is 8.99. The molecule has 0 spiro atoms. The molecule has 0 saturated carbocycles. The van der Waals surface area contributed by atoms with E-state index in [0.29, 0.717) is 12.1 Å². The van der Waals surface area contributed by atoms with Crippen molar-refractivity contribution in [3.63, 3.8) is 0 Å².